The zero-order valence-electron chi connectivity index (χ0n) is 9.41. The second-order valence-electron chi connectivity index (χ2n) is 4.69. The van der Waals surface area contributed by atoms with E-state index < -0.39 is 0 Å². The molecule has 2 fully saturated rings. The monoisotopic (exact) mass is 229 g/mol. The Hall–Kier alpha value is -0.220. The third kappa shape index (κ3) is 2.48. The van der Waals surface area contributed by atoms with Crippen LogP contribution in [0.2, 0.25) is 0 Å². The zero-order valence-corrected chi connectivity index (χ0v) is 10.2. The second kappa shape index (κ2) is 4.34. The van der Waals surface area contributed by atoms with Crippen LogP contribution in [0.25, 0.3) is 0 Å². The molecule has 1 aliphatic carbocycles. The lowest BCUT2D eigenvalue weighted by atomic mass is 10.2. The first-order valence-electron chi connectivity index (χ1n) is 5.73. The molecule has 0 bridgehead atoms. The Balaban J connectivity index is 1.89. The highest BCUT2D eigenvalue weighted by Crippen LogP contribution is 2.43. The number of rotatable bonds is 2. The fraction of sp³-hybridized carbons (Fsp3) is 0.909. The van der Waals surface area contributed by atoms with Crippen LogP contribution in [0.1, 0.15) is 39.5 Å². The van der Waals surface area contributed by atoms with Gasteiger partial charge in [0, 0.05) is 5.75 Å². The number of esters is 1. The first kappa shape index (κ1) is 11.3. The lowest BCUT2D eigenvalue weighted by molar-refractivity contribution is -0.149. The molecule has 2 rings (SSSR count). The van der Waals surface area contributed by atoms with E-state index in [1.54, 1.807) is 0 Å². The fourth-order valence-corrected chi connectivity index (χ4v) is 3.83. The largest absolute Gasteiger partial charge is 0.462 e. The summed E-state index contributed by atoms with van der Waals surface area (Å²) in [5.41, 5.74) is 0. The van der Waals surface area contributed by atoms with Crippen LogP contribution in [0.4, 0.5) is 0 Å². The predicted molar refractivity (Wildman–Crippen MR) is 61.8 cm³/mol. The van der Waals surface area contributed by atoms with Gasteiger partial charge >= 0.3 is 5.97 Å². The van der Waals surface area contributed by atoms with E-state index in [2.05, 4.69) is 5.32 Å². The first-order chi connectivity index (χ1) is 7.11. The zero-order chi connectivity index (χ0) is 10.9. The molecule has 15 heavy (non-hydrogen) atoms. The van der Waals surface area contributed by atoms with Crippen LogP contribution in [0, 0.1) is 0 Å². The summed E-state index contributed by atoms with van der Waals surface area (Å²) in [5.74, 6) is 0.784. The molecule has 1 spiro atoms. The molecule has 86 valence electrons. The summed E-state index contributed by atoms with van der Waals surface area (Å²) in [6.07, 6.45) is 4.95. The normalized spacial score (nSPS) is 28.9. The quantitative estimate of drug-likeness (QED) is 0.734. The van der Waals surface area contributed by atoms with Crippen molar-refractivity contribution in [2.45, 2.75) is 56.5 Å². The van der Waals surface area contributed by atoms with E-state index >= 15 is 0 Å². The van der Waals surface area contributed by atoms with Gasteiger partial charge in [0.2, 0.25) is 0 Å². The van der Waals surface area contributed by atoms with Crippen molar-refractivity contribution in [3.8, 4) is 0 Å². The van der Waals surface area contributed by atoms with Gasteiger partial charge in [0.05, 0.1) is 11.0 Å². The van der Waals surface area contributed by atoms with Gasteiger partial charge in [-0.25, -0.2) is 0 Å². The van der Waals surface area contributed by atoms with Gasteiger partial charge in [0.1, 0.15) is 6.04 Å². The maximum atomic E-state index is 11.7. The summed E-state index contributed by atoms with van der Waals surface area (Å²) in [5, 5.41) is 3.46. The van der Waals surface area contributed by atoms with E-state index in [1.807, 2.05) is 25.6 Å². The Morgan fingerprint density at radius 3 is 2.73 bits per heavy atom. The van der Waals surface area contributed by atoms with E-state index in [1.165, 1.54) is 25.7 Å². The number of carbonyl (C=O) groups is 1. The lowest BCUT2D eigenvalue weighted by Gasteiger charge is -2.23. The summed E-state index contributed by atoms with van der Waals surface area (Å²) < 4.78 is 5.22. The summed E-state index contributed by atoms with van der Waals surface area (Å²) >= 11 is 1.90. The maximum Gasteiger partial charge on any atom is 0.324 e. The summed E-state index contributed by atoms with van der Waals surface area (Å²) in [7, 11) is 0. The minimum atomic E-state index is -0.0875. The first-order valence-corrected chi connectivity index (χ1v) is 6.72. The van der Waals surface area contributed by atoms with E-state index in [9.17, 15) is 4.79 Å². The Kier molecular flexibility index (Phi) is 3.26. The second-order valence-corrected chi connectivity index (χ2v) is 6.10. The minimum absolute atomic E-state index is 0.00979. The third-order valence-corrected chi connectivity index (χ3v) is 4.59. The molecule has 0 amide bonds. The topological polar surface area (TPSA) is 38.3 Å². The molecular weight excluding hydrogens is 210 g/mol. The lowest BCUT2D eigenvalue weighted by Crippen LogP contribution is -2.44. The van der Waals surface area contributed by atoms with E-state index in [-0.39, 0.29) is 23.0 Å². The van der Waals surface area contributed by atoms with Crippen LogP contribution < -0.4 is 5.32 Å². The summed E-state index contributed by atoms with van der Waals surface area (Å²) in [6.45, 7) is 3.79. The van der Waals surface area contributed by atoms with Gasteiger partial charge < -0.3 is 4.74 Å². The number of ether oxygens (including phenoxy) is 1. The Morgan fingerprint density at radius 2 is 2.13 bits per heavy atom. The molecule has 1 N–H and O–H groups in total. The van der Waals surface area contributed by atoms with Gasteiger partial charge in [0.15, 0.2) is 0 Å². The highest BCUT2D eigenvalue weighted by Gasteiger charge is 2.44. The molecule has 0 radical (unpaired) electrons. The minimum Gasteiger partial charge on any atom is -0.462 e. The molecule has 0 unspecified atom stereocenters. The molecule has 3 nitrogen and oxygen atoms in total. The number of hydrogen-bond acceptors (Lipinski definition) is 4. The maximum absolute atomic E-state index is 11.7. The molecular formula is C11H19NO2S. The van der Waals surface area contributed by atoms with Crippen molar-refractivity contribution >= 4 is 17.7 Å². The molecule has 1 saturated heterocycles. The Labute approximate surface area is 95.3 Å². The predicted octanol–water partition coefficient (Wildman–Crippen LogP) is 1.91. The average Bonchev–Trinajstić information content (AvgIpc) is 2.76. The van der Waals surface area contributed by atoms with Crippen LogP contribution in [0.3, 0.4) is 0 Å². The van der Waals surface area contributed by atoms with E-state index in [0.29, 0.717) is 0 Å². The molecule has 1 heterocycles. The third-order valence-electron chi connectivity index (χ3n) is 3.01. The fourth-order valence-electron chi connectivity index (χ4n) is 2.32. The van der Waals surface area contributed by atoms with Gasteiger partial charge in [-0.2, -0.15) is 0 Å². The van der Waals surface area contributed by atoms with Crippen molar-refractivity contribution in [1.29, 1.82) is 0 Å². The highest BCUT2D eigenvalue weighted by atomic mass is 32.2. The molecule has 4 heteroatoms. The van der Waals surface area contributed by atoms with Crippen molar-refractivity contribution < 1.29 is 9.53 Å². The highest BCUT2D eigenvalue weighted by molar-refractivity contribution is 8.01. The van der Waals surface area contributed by atoms with Crippen molar-refractivity contribution in [3.05, 3.63) is 0 Å². The van der Waals surface area contributed by atoms with Crippen LogP contribution in [0.15, 0.2) is 0 Å². The van der Waals surface area contributed by atoms with Crippen LogP contribution >= 0.6 is 11.8 Å². The van der Waals surface area contributed by atoms with Crippen molar-refractivity contribution in [2.75, 3.05) is 5.75 Å². The summed E-state index contributed by atoms with van der Waals surface area (Å²) in [4.78, 5) is 11.9. The molecule has 0 aromatic carbocycles. The number of hydrogen-bond donors (Lipinski definition) is 1. The standard InChI is InChI=1S/C11H19NO2S/c1-8(2)14-10(13)9-7-15-11(12-9)5-3-4-6-11/h8-9,12H,3-7H2,1-2H3/t9-/m0/s1. The van der Waals surface area contributed by atoms with Crippen LogP contribution in [-0.2, 0) is 9.53 Å². The van der Waals surface area contributed by atoms with Crippen molar-refractivity contribution in [3.63, 3.8) is 0 Å². The number of carbonyl (C=O) groups excluding carboxylic acids is 1. The SMILES string of the molecule is CC(C)OC(=O)[C@@H]1CSC2(CCCC2)N1. The average molecular weight is 229 g/mol. The van der Waals surface area contributed by atoms with Gasteiger partial charge in [0.25, 0.3) is 0 Å². The van der Waals surface area contributed by atoms with Gasteiger partial charge in [-0.15, -0.1) is 11.8 Å². The van der Waals surface area contributed by atoms with Gasteiger partial charge in [-0.05, 0) is 26.7 Å². The van der Waals surface area contributed by atoms with Gasteiger partial charge in [-0.1, -0.05) is 12.8 Å². The van der Waals surface area contributed by atoms with Gasteiger partial charge in [-0.3, -0.25) is 10.1 Å². The summed E-state index contributed by atoms with van der Waals surface area (Å²) in [6, 6.07) is -0.0875. The molecule has 2 aliphatic rings. The van der Waals surface area contributed by atoms with Crippen LogP contribution in [0.5, 0.6) is 0 Å². The number of nitrogens with one attached hydrogen (secondary N) is 1. The molecule has 0 aromatic rings. The smallest absolute Gasteiger partial charge is 0.324 e. The molecule has 0 aromatic heterocycles. The Morgan fingerprint density at radius 1 is 1.47 bits per heavy atom. The molecule has 1 saturated carbocycles. The number of thioether (sulfide) groups is 1. The van der Waals surface area contributed by atoms with Crippen molar-refractivity contribution in [1.82, 2.24) is 5.32 Å². The Bertz CT molecular complexity index is 249. The van der Waals surface area contributed by atoms with Crippen molar-refractivity contribution in [2.24, 2.45) is 0 Å². The van der Waals surface area contributed by atoms with E-state index in [4.69, 9.17) is 4.74 Å². The van der Waals surface area contributed by atoms with Crippen LogP contribution in [-0.4, -0.2) is 28.7 Å². The molecule has 1 aliphatic heterocycles. The molecule has 1 atom stereocenters. The van der Waals surface area contributed by atoms with E-state index in [0.717, 1.165) is 5.75 Å².